The lowest BCUT2D eigenvalue weighted by molar-refractivity contribution is -0.136. The number of carbonyl (C=O) groups excluding carboxylic acids is 1. The first-order chi connectivity index (χ1) is 19.4. The molecule has 198 valence electrons. The van der Waals surface area contributed by atoms with Crippen LogP contribution in [0.5, 0.6) is 0 Å². The van der Waals surface area contributed by atoms with Gasteiger partial charge in [0, 0.05) is 17.3 Å². The molecule has 5 aromatic rings. The van der Waals surface area contributed by atoms with Crippen molar-refractivity contribution in [3.8, 4) is 16.9 Å². The molecule has 1 aliphatic rings. The number of carbonyl (C=O) groups is 1. The second kappa shape index (κ2) is 10.4. The van der Waals surface area contributed by atoms with E-state index >= 15 is 0 Å². The number of allylic oxidation sites excluding steroid dienone is 1. The Bertz CT molecular complexity index is 1930. The van der Waals surface area contributed by atoms with Gasteiger partial charge < -0.3 is 4.74 Å². The summed E-state index contributed by atoms with van der Waals surface area (Å²) in [5.74, 6) is -0.504. The van der Waals surface area contributed by atoms with Crippen molar-refractivity contribution in [2.75, 3.05) is 7.11 Å². The Labute approximate surface area is 234 Å². The average molecular weight is 547 g/mol. The molecule has 0 fully saturated rings. The lowest BCUT2D eigenvalue weighted by Gasteiger charge is -2.24. The SMILES string of the molecule is COC(=O)C1=C(C)N=c2s/c(=C\c3cn(-c4ccccc4)nc3-c3ccc(C)cc3)c(=O)n2[C@H]1c1ccccc1. The molecule has 0 N–H and O–H groups in total. The number of aryl methyl sites for hydroxylation is 1. The largest absolute Gasteiger partial charge is 0.466 e. The van der Waals surface area contributed by atoms with E-state index in [-0.39, 0.29) is 5.56 Å². The number of fused-ring (bicyclic) bond motifs is 1. The Morgan fingerprint density at radius 2 is 1.62 bits per heavy atom. The van der Waals surface area contributed by atoms with Crippen LogP contribution < -0.4 is 14.9 Å². The van der Waals surface area contributed by atoms with Crippen LogP contribution in [0.1, 0.15) is 29.7 Å². The highest BCUT2D eigenvalue weighted by Crippen LogP contribution is 2.30. The number of rotatable bonds is 5. The fourth-order valence-electron chi connectivity index (χ4n) is 4.93. The maximum atomic E-state index is 14.0. The zero-order chi connectivity index (χ0) is 27.8. The Balaban J connectivity index is 1.57. The molecular formula is C32H26N4O3S. The van der Waals surface area contributed by atoms with Gasteiger partial charge >= 0.3 is 5.97 Å². The van der Waals surface area contributed by atoms with E-state index in [2.05, 4.69) is 4.99 Å². The fourth-order valence-corrected chi connectivity index (χ4v) is 5.96. The van der Waals surface area contributed by atoms with E-state index in [1.165, 1.54) is 18.4 Å². The van der Waals surface area contributed by atoms with Crippen molar-refractivity contribution in [1.29, 1.82) is 0 Å². The number of methoxy groups -OCH3 is 1. The third-order valence-electron chi connectivity index (χ3n) is 6.92. The normalized spacial score (nSPS) is 15.1. The molecule has 0 spiro atoms. The van der Waals surface area contributed by atoms with Crippen molar-refractivity contribution < 1.29 is 9.53 Å². The molecule has 40 heavy (non-hydrogen) atoms. The van der Waals surface area contributed by atoms with E-state index in [9.17, 15) is 9.59 Å². The molecule has 3 aromatic carbocycles. The second-order valence-electron chi connectivity index (χ2n) is 9.56. The van der Waals surface area contributed by atoms with E-state index in [4.69, 9.17) is 9.84 Å². The van der Waals surface area contributed by atoms with E-state index in [0.29, 0.717) is 20.6 Å². The van der Waals surface area contributed by atoms with Crippen molar-refractivity contribution in [2.45, 2.75) is 19.9 Å². The highest BCUT2D eigenvalue weighted by Gasteiger charge is 2.33. The molecule has 0 aliphatic carbocycles. The summed E-state index contributed by atoms with van der Waals surface area (Å²) in [5.41, 5.74) is 6.05. The first-order valence-electron chi connectivity index (χ1n) is 12.8. The molecule has 0 bridgehead atoms. The predicted octanol–water partition coefficient (Wildman–Crippen LogP) is 4.57. The van der Waals surface area contributed by atoms with Gasteiger partial charge in [-0.25, -0.2) is 14.5 Å². The van der Waals surface area contributed by atoms with E-state index in [1.54, 1.807) is 11.5 Å². The summed E-state index contributed by atoms with van der Waals surface area (Å²) in [6.45, 7) is 3.82. The molecule has 2 aromatic heterocycles. The number of hydrogen-bond donors (Lipinski definition) is 0. The molecule has 7 nitrogen and oxygen atoms in total. The van der Waals surface area contributed by atoms with Crippen LogP contribution in [0.25, 0.3) is 23.0 Å². The van der Waals surface area contributed by atoms with E-state index < -0.39 is 12.0 Å². The summed E-state index contributed by atoms with van der Waals surface area (Å²) in [7, 11) is 1.34. The number of benzene rings is 3. The maximum absolute atomic E-state index is 14.0. The molecule has 6 rings (SSSR count). The van der Waals surface area contributed by atoms with Gasteiger partial charge in [0.15, 0.2) is 4.80 Å². The maximum Gasteiger partial charge on any atom is 0.338 e. The Morgan fingerprint density at radius 1 is 0.950 bits per heavy atom. The van der Waals surface area contributed by atoms with Gasteiger partial charge in [0.2, 0.25) is 0 Å². The van der Waals surface area contributed by atoms with Crippen molar-refractivity contribution in [1.82, 2.24) is 14.3 Å². The van der Waals surface area contributed by atoms with Crippen LogP contribution in [0.15, 0.2) is 112 Å². The lowest BCUT2D eigenvalue weighted by atomic mass is 9.96. The minimum Gasteiger partial charge on any atom is -0.466 e. The van der Waals surface area contributed by atoms with E-state index in [0.717, 1.165) is 33.6 Å². The summed E-state index contributed by atoms with van der Waals surface area (Å²) >= 11 is 1.30. The van der Waals surface area contributed by atoms with Crippen LogP contribution in [-0.2, 0) is 9.53 Å². The molecule has 8 heteroatoms. The van der Waals surface area contributed by atoms with Gasteiger partial charge in [0.25, 0.3) is 5.56 Å². The number of aromatic nitrogens is 3. The highest BCUT2D eigenvalue weighted by atomic mass is 32.1. The second-order valence-corrected chi connectivity index (χ2v) is 10.6. The smallest absolute Gasteiger partial charge is 0.338 e. The van der Waals surface area contributed by atoms with Gasteiger partial charge in [-0.15, -0.1) is 0 Å². The summed E-state index contributed by atoms with van der Waals surface area (Å²) in [4.78, 5) is 32.1. The van der Waals surface area contributed by atoms with Crippen molar-refractivity contribution in [3.63, 3.8) is 0 Å². The number of ether oxygens (including phenoxy) is 1. The lowest BCUT2D eigenvalue weighted by Crippen LogP contribution is -2.39. The number of hydrogen-bond acceptors (Lipinski definition) is 6. The number of para-hydroxylation sites is 1. The monoisotopic (exact) mass is 546 g/mol. The first kappa shape index (κ1) is 25.5. The van der Waals surface area contributed by atoms with Crippen LogP contribution in [-0.4, -0.2) is 27.4 Å². The Morgan fingerprint density at radius 3 is 2.30 bits per heavy atom. The first-order valence-corrected chi connectivity index (χ1v) is 13.6. The summed E-state index contributed by atoms with van der Waals surface area (Å²) in [6.07, 6.45) is 3.80. The van der Waals surface area contributed by atoms with E-state index in [1.807, 2.05) is 109 Å². The Kier molecular flexibility index (Phi) is 6.61. The summed E-state index contributed by atoms with van der Waals surface area (Å²) < 4.78 is 9.02. The van der Waals surface area contributed by atoms with Gasteiger partial charge in [-0.3, -0.25) is 9.36 Å². The van der Waals surface area contributed by atoms with Gasteiger partial charge in [-0.05, 0) is 37.6 Å². The van der Waals surface area contributed by atoms with Crippen molar-refractivity contribution in [2.24, 2.45) is 4.99 Å². The van der Waals surface area contributed by atoms with Crippen LogP contribution in [0.2, 0.25) is 0 Å². The molecule has 0 unspecified atom stereocenters. The molecule has 1 aliphatic heterocycles. The topological polar surface area (TPSA) is 78.5 Å². The van der Waals surface area contributed by atoms with Gasteiger partial charge in [-0.2, -0.15) is 5.10 Å². The standard InChI is InChI=1S/C32H26N4O3S/c1-20-14-16-22(17-15-20)28-24(19-35(34-28)25-12-8-5-9-13-25)18-26-30(37)36-29(23-10-6-4-7-11-23)27(31(38)39-3)21(2)33-32(36)40-26/h4-19,29H,1-3H3/b26-18-/t29-/m0/s1. The van der Waals surface area contributed by atoms with Crippen molar-refractivity contribution >= 4 is 23.4 Å². The molecular weight excluding hydrogens is 520 g/mol. The molecule has 0 saturated heterocycles. The minimum absolute atomic E-state index is 0.228. The number of thiazole rings is 1. The van der Waals surface area contributed by atoms with Crippen LogP contribution >= 0.6 is 11.3 Å². The molecule has 0 amide bonds. The average Bonchev–Trinajstić information content (AvgIpc) is 3.54. The molecule has 3 heterocycles. The van der Waals surface area contributed by atoms with Crippen LogP contribution in [0.4, 0.5) is 0 Å². The van der Waals surface area contributed by atoms with Gasteiger partial charge in [0.1, 0.15) is 0 Å². The van der Waals surface area contributed by atoms with Gasteiger partial charge in [0.05, 0.1) is 40.3 Å². The number of nitrogens with zero attached hydrogens (tertiary/aromatic N) is 4. The Hall–Kier alpha value is -4.82. The van der Waals surface area contributed by atoms with Crippen molar-refractivity contribution in [3.05, 3.63) is 139 Å². The predicted molar refractivity (Wildman–Crippen MR) is 156 cm³/mol. The zero-order valence-electron chi connectivity index (χ0n) is 22.2. The summed E-state index contributed by atoms with van der Waals surface area (Å²) in [5, 5.41) is 4.90. The fraction of sp³-hybridized carbons (Fsp3) is 0.125. The quantitative estimate of drug-likeness (QED) is 0.303. The third-order valence-corrected chi connectivity index (χ3v) is 7.90. The summed E-state index contributed by atoms with van der Waals surface area (Å²) in [6, 6.07) is 26.9. The van der Waals surface area contributed by atoms with Crippen LogP contribution in [0, 0.1) is 6.92 Å². The van der Waals surface area contributed by atoms with Gasteiger partial charge in [-0.1, -0.05) is 89.7 Å². The molecule has 0 radical (unpaired) electrons. The molecule has 0 saturated carbocycles. The highest BCUT2D eigenvalue weighted by molar-refractivity contribution is 7.07. The van der Waals surface area contributed by atoms with Crippen LogP contribution in [0.3, 0.4) is 0 Å². The number of esters is 1. The third kappa shape index (κ3) is 4.52. The molecule has 1 atom stereocenters. The zero-order valence-corrected chi connectivity index (χ0v) is 23.1. The minimum atomic E-state index is -0.643.